The summed E-state index contributed by atoms with van der Waals surface area (Å²) in [4.78, 5) is 9.29. The van der Waals surface area contributed by atoms with Crippen molar-refractivity contribution in [1.82, 2.24) is 29.5 Å². The Kier molecular flexibility index (Phi) is 3.80. The summed E-state index contributed by atoms with van der Waals surface area (Å²) in [5.41, 5.74) is 3.77. The minimum Gasteiger partial charge on any atom is -0.244 e. The van der Waals surface area contributed by atoms with E-state index in [4.69, 9.17) is 10.1 Å². The average Bonchev–Trinajstić information content (AvgIpc) is 3.26. The lowest BCUT2D eigenvalue weighted by Gasteiger charge is -2.08. The maximum absolute atomic E-state index is 4.91. The molecule has 4 aromatic heterocycles. The number of rotatable bonds is 4. The summed E-state index contributed by atoms with van der Waals surface area (Å²) in [6.07, 6.45) is 4.43. The van der Waals surface area contributed by atoms with Crippen LogP contribution in [-0.4, -0.2) is 29.5 Å². The zero-order chi connectivity index (χ0) is 17.4. The summed E-state index contributed by atoms with van der Waals surface area (Å²) in [7, 11) is 0. The molecule has 0 spiro atoms. The molecule has 0 unspecified atom stereocenters. The van der Waals surface area contributed by atoms with Crippen molar-refractivity contribution < 1.29 is 0 Å². The van der Waals surface area contributed by atoms with Crippen molar-refractivity contribution in [1.29, 1.82) is 0 Å². The summed E-state index contributed by atoms with van der Waals surface area (Å²) in [6.45, 7) is 6.37. The van der Waals surface area contributed by atoms with Crippen LogP contribution in [0.3, 0.4) is 0 Å². The molecule has 126 valence electrons. The first-order valence-corrected chi connectivity index (χ1v) is 8.53. The molecule has 4 heterocycles. The Labute approximate surface area is 146 Å². The zero-order valence-corrected chi connectivity index (χ0v) is 14.6. The number of fused-ring (bicyclic) bond motifs is 1. The monoisotopic (exact) mass is 332 g/mol. The summed E-state index contributed by atoms with van der Waals surface area (Å²) in [5.74, 6) is 0.774. The minimum absolute atomic E-state index is 0.256. The molecule has 0 aromatic carbocycles. The largest absolute Gasteiger partial charge is 0.244 e. The smallest absolute Gasteiger partial charge is 0.159 e. The van der Waals surface area contributed by atoms with Crippen LogP contribution in [0.1, 0.15) is 32.5 Å². The van der Waals surface area contributed by atoms with Gasteiger partial charge in [-0.3, -0.25) is 0 Å². The van der Waals surface area contributed by atoms with Crippen LogP contribution in [0.4, 0.5) is 0 Å². The predicted octanol–water partition coefficient (Wildman–Crippen LogP) is 3.82. The Morgan fingerprint density at radius 1 is 1.04 bits per heavy atom. The number of pyridine rings is 2. The third-order valence-electron chi connectivity index (χ3n) is 4.23. The van der Waals surface area contributed by atoms with Crippen LogP contribution >= 0.6 is 0 Å². The van der Waals surface area contributed by atoms with Gasteiger partial charge in [0.15, 0.2) is 11.5 Å². The van der Waals surface area contributed by atoms with Crippen molar-refractivity contribution in [2.45, 2.75) is 33.2 Å². The predicted molar refractivity (Wildman–Crippen MR) is 97.6 cm³/mol. The maximum Gasteiger partial charge on any atom is 0.159 e. The highest BCUT2D eigenvalue weighted by Crippen LogP contribution is 2.26. The molecule has 0 fully saturated rings. The average molecular weight is 332 g/mol. The van der Waals surface area contributed by atoms with Crippen LogP contribution in [0.15, 0.2) is 48.8 Å². The number of hydrogen-bond acceptors (Lipinski definition) is 4. The molecule has 0 radical (unpaired) electrons. The molecule has 0 saturated heterocycles. The fourth-order valence-electron chi connectivity index (χ4n) is 3.00. The molecule has 4 aromatic rings. The third kappa shape index (κ3) is 2.59. The highest BCUT2D eigenvalue weighted by Gasteiger charge is 2.16. The molecular formula is C19H20N6. The first-order valence-electron chi connectivity index (χ1n) is 8.53. The topological polar surface area (TPSA) is 61.4 Å². The Morgan fingerprint density at radius 3 is 2.64 bits per heavy atom. The van der Waals surface area contributed by atoms with Crippen molar-refractivity contribution in [3.8, 4) is 17.2 Å². The fraction of sp³-hybridized carbons (Fsp3) is 0.263. The Morgan fingerprint density at radius 2 is 1.92 bits per heavy atom. The molecular weight excluding hydrogens is 312 g/mol. The molecule has 0 atom stereocenters. The van der Waals surface area contributed by atoms with Gasteiger partial charge in [-0.1, -0.05) is 13.0 Å². The molecule has 0 N–H and O–H groups in total. The molecule has 0 amide bonds. The molecule has 0 aliphatic carbocycles. The van der Waals surface area contributed by atoms with E-state index in [1.165, 1.54) is 0 Å². The molecule has 0 saturated carbocycles. The number of nitrogens with zero attached hydrogens (tertiary/aromatic N) is 6. The summed E-state index contributed by atoms with van der Waals surface area (Å²) in [6, 6.07) is 12.1. The summed E-state index contributed by atoms with van der Waals surface area (Å²) < 4.78 is 3.81. The van der Waals surface area contributed by atoms with Gasteiger partial charge in [0.05, 0.1) is 23.3 Å². The van der Waals surface area contributed by atoms with Gasteiger partial charge in [-0.15, -0.1) is 0 Å². The van der Waals surface area contributed by atoms with Gasteiger partial charge in [0.2, 0.25) is 0 Å². The Hall–Kier alpha value is -3.02. The second-order valence-electron chi connectivity index (χ2n) is 6.22. The van der Waals surface area contributed by atoms with Crippen LogP contribution in [-0.2, 0) is 6.42 Å². The SMILES string of the molecule is CCc1nn(C(C)C)c2nc(-c3ccnn3-c3ccccn3)ccc12. The lowest BCUT2D eigenvalue weighted by Crippen LogP contribution is -2.05. The second-order valence-corrected chi connectivity index (χ2v) is 6.22. The van der Waals surface area contributed by atoms with Crippen LogP contribution < -0.4 is 0 Å². The van der Waals surface area contributed by atoms with Gasteiger partial charge in [-0.2, -0.15) is 10.2 Å². The van der Waals surface area contributed by atoms with Crippen molar-refractivity contribution >= 4 is 11.0 Å². The van der Waals surface area contributed by atoms with Crippen LogP contribution in [0, 0.1) is 0 Å². The molecule has 6 heteroatoms. The van der Waals surface area contributed by atoms with E-state index in [0.717, 1.165) is 40.4 Å². The summed E-state index contributed by atoms with van der Waals surface area (Å²) >= 11 is 0. The fourth-order valence-corrected chi connectivity index (χ4v) is 3.00. The highest BCUT2D eigenvalue weighted by atomic mass is 15.3. The Bertz CT molecular complexity index is 1010. The first kappa shape index (κ1) is 15.5. The zero-order valence-electron chi connectivity index (χ0n) is 14.6. The van der Waals surface area contributed by atoms with Crippen LogP contribution in [0.5, 0.6) is 0 Å². The normalized spacial score (nSPS) is 11.5. The second kappa shape index (κ2) is 6.12. The van der Waals surface area contributed by atoms with Crippen molar-refractivity contribution in [2.24, 2.45) is 0 Å². The highest BCUT2D eigenvalue weighted by molar-refractivity contribution is 5.81. The van der Waals surface area contributed by atoms with Crippen molar-refractivity contribution in [3.05, 3.63) is 54.5 Å². The van der Waals surface area contributed by atoms with E-state index in [1.807, 2.05) is 39.7 Å². The van der Waals surface area contributed by atoms with Gasteiger partial charge in [0.25, 0.3) is 0 Å². The molecule has 6 nitrogen and oxygen atoms in total. The maximum atomic E-state index is 4.91. The molecule has 0 aliphatic rings. The van der Waals surface area contributed by atoms with Gasteiger partial charge in [-0.05, 0) is 50.6 Å². The first-order chi connectivity index (χ1) is 12.2. The molecule has 0 aliphatic heterocycles. The minimum atomic E-state index is 0.256. The standard InChI is InChI=1S/C19H20N6/c1-4-15-14-8-9-16(22-19(14)24(23-15)13(2)3)17-10-12-21-25(17)18-7-5-6-11-20-18/h5-13H,4H2,1-3H3. The number of aromatic nitrogens is 6. The molecule has 4 rings (SSSR count). The number of hydrogen-bond donors (Lipinski definition) is 0. The number of aryl methyl sites for hydroxylation is 1. The van der Waals surface area contributed by atoms with E-state index in [9.17, 15) is 0 Å². The van der Waals surface area contributed by atoms with E-state index < -0.39 is 0 Å². The van der Waals surface area contributed by atoms with E-state index in [1.54, 1.807) is 12.4 Å². The third-order valence-corrected chi connectivity index (χ3v) is 4.23. The van der Waals surface area contributed by atoms with Gasteiger partial charge >= 0.3 is 0 Å². The quantitative estimate of drug-likeness (QED) is 0.570. The van der Waals surface area contributed by atoms with E-state index in [-0.39, 0.29) is 6.04 Å². The van der Waals surface area contributed by atoms with Crippen molar-refractivity contribution in [3.63, 3.8) is 0 Å². The van der Waals surface area contributed by atoms with E-state index in [2.05, 4.69) is 36.9 Å². The van der Waals surface area contributed by atoms with E-state index >= 15 is 0 Å². The summed E-state index contributed by atoms with van der Waals surface area (Å²) in [5, 5.41) is 10.3. The van der Waals surface area contributed by atoms with Crippen LogP contribution in [0.25, 0.3) is 28.2 Å². The van der Waals surface area contributed by atoms with Gasteiger partial charge < -0.3 is 0 Å². The van der Waals surface area contributed by atoms with Gasteiger partial charge in [0, 0.05) is 17.6 Å². The lowest BCUT2D eigenvalue weighted by molar-refractivity contribution is 0.540. The van der Waals surface area contributed by atoms with Crippen LogP contribution in [0.2, 0.25) is 0 Å². The van der Waals surface area contributed by atoms with Gasteiger partial charge in [0.1, 0.15) is 0 Å². The molecule has 25 heavy (non-hydrogen) atoms. The molecule has 0 bridgehead atoms. The lowest BCUT2D eigenvalue weighted by atomic mass is 10.2. The van der Waals surface area contributed by atoms with Gasteiger partial charge in [-0.25, -0.2) is 19.3 Å². The Balaban J connectivity index is 1.89. The van der Waals surface area contributed by atoms with Crippen molar-refractivity contribution in [2.75, 3.05) is 0 Å². The van der Waals surface area contributed by atoms with E-state index in [0.29, 0.717) is 0 Å².